The lowest BCUT2D eigenvalue weighted by atomic mass is 9.53. The quantitative estimate of drug-likeness (QED) is 0.545. The number of carbonyl (C=O) groups excluding carboxylic acids is 1. The lowest BCUT2D eigenvalue weighted by Gasteiger charge is -2.56. The Morgan fingerprint density at radius 1 is 1.31 bits per heavy atom. The molecule has 4 aliphatic carbocycles. The van der Waals surface area contributed by atoms with Gasteiger partial charge in [-0.25, -0.2) is 0 Å². The number of nitrogens with one attached hydrogen (secondary N) is 1. The van der Waals surface area contributed by atoms with Crippen LogP contribution in [0.5, 0.6) is 0 Å². The van der Waals surface area contributed by atoms with Crippen LogP contribution in [0.3, 0.4) is 0 Å². The molecule has 29 heavy (non-hydrogen) atoms. The van der Waals surface area contributed by atoms with Crippen LogP contribution in [0.25, 0.3) is 11.4 Å². The molecule has 0 radical (unpaired) electrons. The first kappa shape index (κ1) is 19.0. The molecule has 0 atom stereocenters. The molecule has 0 aliphatic heterocycles. The average molecular weight is 413 g/mol. The Balaban J connectivity index is 1.27. The van der Waals surface area contributed by atoms with Gasteiger partial charge in [0.25, 0.3) is 0 Å². The van der Waals surface area contributed by atoms with Crippen LogP contribution in [0.4, 0.5) is 0 Å². The largest absolute Gasteiger partial charge is 0.469 e. The molecule has 1 N–H and O–H groups in total. The third-order valence-electron chi connectivity index (χ3n) is 6.90. The first-order valence-corrected chi connectivity index (χ1v) is 11.6. The number of allylic oxidation sites excluding steroid dienone is 1. The van der Waals surface area contributed by atoms with Crippen molar-refractivity contribution in [2.45, 2.75) is 62.7 Å². The van der Waals surface area contributed by atoms with Gasteiger partial charge in [-0.05, 0) is 69.3 Å². The third kappa shape index (κ3) is 3.54. The second-order valence-corrected chi connectivity index (χ2v) is 10.1. The molecule has 1 amide bonds. The van der Waals surface area contributed by atoms with Crippen LogP contribution in [-0.2, 0) is 11.3 Å². The smallest absolute Gasteiger partial charge is 0.230 e. The Hall–Kier alpha value is -2.02. The van der Waals surface area contributed by atoms with Gasteiger partial charge in [-0.1, -0.05) is 17.8 Å². The van der Waals surface area contributed by atoms with E-state index in [4.69, 9.17) is 4.42 Å². The maximum atomic E-state index is 12.8. The average Bonchev–Trinajstić information content (AvgIpc) is 3.24. The summed E-state index contributed by atoms with van der Waals surface area (Å²) < 4.78 is 7.41. The van der Waals surface area contributed by atoms with Crippen LogP contribution in [0.2, 0.25) is 0 Å². The molecule has 4 saturated carbocycles. The van der Waals surface area contributed by atoms with Crippen molar-refractivity contribution >= 4 is 17.7 Å². The Labute approximate surface area is 175 Å². The number of rotatable bonds is 7. The van der Waals surface area contributed by atoms with E-state index in [0.29, 0.717) is 12.3 Å². The van der Waals surface area contributed by atoms with Gasteiger partial charge in [-0.15, -0.1) is 16.8 Å². The van der Waals surface area contributed by atoms with E-state index < -0.39 is 0 Å². The van der Waals surface area contributed by atoms with Gasteiger partial charge in [0.1, 0.15) is 5.76 Å². The summed E-state index contributed by atoms with van der Waals surface area (Å²) in [5.74, 6) is 4.51. The summed E-state index contributed by atoms with van der Waals surface area (Å²) in [6.07, 6.45) is 11.1. The zero-order valence-corrected chi connectivity index (χ0v) is 17.7. The lowest BCUT2D eigenvalue weighted by Crippen LogP contribution is -2.60. The minimum Gasteiger partial charge on any atom is -0.469 e. The van der Waals surface area contributed by atoms with Crippen molar-refractivity contribution in [2.24, 2.45) is 17.8 Å². The summed E-state index contributed by atoms with van der Waals surface area (Å²) >= 11 is 1.45. The van der Waals surface area contributed by atoms with Crippen molar-refractivity contribution in [2.75, 3.05) is 5.75 Å². The molecule has 0 spiro atoms. The molecule has 0 aromatic carbocycles. The summed E-state index contributed by atoms with van der Waals surface area (Å²) in [6, 6.07) is 1.90. The molecule has 2 aromatic rings. The van der Waals surface area contributed by atoms with Crippen LogP contribution in [0, 0.1) is 24.7 Å². The predicted molar refractivity (Wildman–Crippen MR) is 112 cm³/mol. The Morgan fingerprint density at radius 3 is 2.59 bits per heavy atom. The van der Waals surface area contributed by atoms with Gasteiger partial charge in [-0.2, -0.15) is 0 Å². The van der Waals surface area contributed by atoms with Gasteiger partial charge in [0.05, 0.1) is 17.6 Å². The summed E-state index contributed by atoms with van der Waals surface area (Å²) in [5.41, 5.74) is 0.976. The van der Waals surface area contributed by atoms with Crippen molar-refractivity contribution in [3.63, 3.8) is 0 Å². The summed E-state index contributed by atoms with van der Waals surface area (Å²) in [7, 11) is 0. The van der Waals surface area contributed by atoms with Gasteiger partial charge < -0.3 is 9.73 Å². The molecule has 4 aliphatic rings. The minimum atomic E-state index is 0.0558. The topological polar surface area (TPSA) is 73.0 Å². The van der Waals surface area contributed by atoms with Crippen molar-refractivity contribution in [1.82, 2.24) is 20.1 Å². The monoisotopic (exact) mass is 412 g/mol. The second-order valence-electron chi connectivity index (χ2n) is 9.13. The molecule has 2 heterocycles. The number of aromatic nitrogens is 3. The van der Waals surface area contributed by atoms with Gasteiger partial charge in [-0.3, -0.25) is 9.36 Å². The number of carbonyl (C=O) groups is 1. The van der Waals surface area contributed by atoms with Crippen LogP contribution >= 0.6 is 11.8 Å². The summed E-state index contributed by atoms with van der Waals surface area (Å²) in [4.78, 5) is 12.8. The zero-order chi connectivity index (χ0) is 20.0. The molecule has 2 aromatic heterocycles. The third-order valence-corrected chi connectivity index (χ3v) is 7.87. The van der Waals surface area contributed by atoms with Gasteiger partial charge >= 0.3 is 0 Å². The first-order chi connectivity index (χ1) is 14.0. The number of aryl methyl sites for hydroxylation is 1. The maximum Gasteiger partial charge on any atom is 0.230 e. The van der Waals surface area contributed by atoms with Gasteiger partial charge in [0.15, 0.2) is 11.0 Å². The van der Waals surface area contributed by atoms with E-state index in [2.05, 4.69) is 22.1 Å². The number of hydrogen-bond donors (Lipinski definition) is 1. The van der Waals surface area contributed by atoms with E-state index in [9.17, 15) is 4.79 Å². The molecule has 4 bridgehead atoms. The van der Waals surface area contributed by atoms with E-state index in [-0.39, 0.29) is 11.4 Å². The Bertz CT molecular complexity index is 896. The van der Waals surface area contributed by atoms with Crippen molar-refractivity contribution in [3.8, 4) is 11.4 Å². The molecule has 154 valence electrons. The highest BCUT2D eigenvalue weighted by Crippen LogP contribution is 2.55. The molecule has 6 rings (SSSR count). The maximum absolute atomic E-state index is 12.8. The predicted octanol–water partition coefficient (Wildman–Crippen LogP) is 4.21. The minimum absolute atomic E-state index is 0.0558. The number of furan rings is 1. The number of thioether (sulfide) groups is 1. The molecule has 4 fully saturated rings. The Kier molecular flexibility index (Phi) is 4.81. The van der Waals surface area contributed by atoms with Crippen molar-refractivity contribution < 1.29 is 9.21 Å². The highest BCUT2D eigenvalue weighted by atomic mass is 32.2. The molecule has 0 saturated heterocycles. The van der Waals surface area contributed by atoms with Crippen LogP contribution in [0.15, 0.2) is 34.6 Å². The van der Waals surface area contributed by atoms with Crippen molar-refractivity contribution in [1.29, 1.82) is 0 Å². The fourth-order valence-electron chi connectivity index (χ4n) is 6.23. The Morgan fingerprint density at radius 2 is 2.00 bits per heavy atom. The number of nitrogens with zero attached hydrogens (tertiary/aromatic N) is 3. The van der Waals surface area contributed by atoms with E-state index >= 15 is 0 Å². The lowest BCUT2D eigenvalue weighted by molar-refractivity contribution is -0.124. The van der Waals surface area contributed by atoms with Gasteiger partial charge in [0, 0.05) is 12.1 Å². The molecule has 7 heteroatoms. The fraction of sp³-hybridized carbons (Fsp3) is 0.591. The summed E-state index contributed by atoms with van der Waals surface area (Å²) in [5, 5.41) is 12.9. The number of amides is 1. The van der Waals surface area contributed by atoms with E-state index in [1.807, 2.05) is 23.6 Å². The zero-order valence-electron chi connectivity index (χ0n) is 16.9. The molecular formula is C22H28N4O2S. The molecule has 0 unspecified atom stereocenters. The van der Waals surface area contributed by atoms with Crippen molar-refractivity contribution in [3.05, 3.63) is 30.7 Å². The van der Waals surface area contributed by atoms with E-state index in [1.54, 1.807) is 6.26 Å². The van der Waals surface area contributed by atoms with E-state index in [0.717, 1.165) is 40.1 Å². The number of hydrogen-bond acceptors (Lipinski definition) is 5. The second kappa shape index (κ2) is 7.35. The molecular weight excluding hydrogens is 384 g/mol. The van der Waals surface area contributed by atoms with E-state index in [1.165, 1.54) is 50.3 Å². The fourth-order valence-corrected chi connectivity index (χ4v) is 6.98. The van der Waals surface area contributed by atoms with Crippen LogP contribution in [-0.4, -0.2) is 32.0 Å². The van der Waals surface area contributed by atoms with Crippen LogP contribution in [0.1, 0.15) is 44.3 Å². The highest BCUT2D eigenvalue weighted by molar-refractivity contribution is 7.99. The first-order valence-electron chi connectivity index (χ1n) is 10.6. The van der Waals surface area contributed by atoms with Gasteiger partial charge in [0.2, 0.25) is 5.91 Å². The molecule has 6 nitrogen and oxygen atoms in total. The highest BCUT2D eigenvalue weighted by Gasteiger charge is 2.51. The summed E-state index contributed by atoms with van der Waals surface area (Å²) in [6.45, 7) is 6.35. The van der Waals surface area contributed by atoms with Crippen LogP contribution < -0.4 is 5.32 Å². The normalized spacial score (nSPS) is 29.9. The standard InChI is InChI=1S/C22H28N4O2S/c1-3-5-26-20(18-4-6-28-14(18)2)24-25-21(26)29-13-19(27)23-22-10-15-7-16(11-22)9-17(8-15)12-22/h3-4,6,15-17H,1,5,7-13H2,2H3,(H,23,27). The SMILES string of the molecule is C=CCn1c(SCC(=O)NC23CC4CC(CC(C4)C2)C3)nnc1-c1ccoc1C.